The molecule has 27 heavy (non-hydrogen) atoms. The van der Waals surface area contributed by atoms with Crippen LogP contribution in [0.4, 0.5) is 13.2 Å². The molecule has 0 fully saturated rings. The van der Waals surface area contributed by atoms with Crippen molar-refractivity contribution >= 4 is 17.0 Å². The predicted molar refractivity (Wildman–Crippen MR) is 91.5 cm³/mol. The van der Waals surface area contributed by atoms with Crippen LogP contribution < -0.4 is 0 Å². The van der Waals surface area contributed by atoms with Gasteiger partial charge in [-0.15, -0.1) is 0 Å². The monoisotopic (exact) mass is 378 g/mol. The third-order valence-electron chi connectivity index (χ3n) is 3.97. The van der Waals surface area contributed by atoms with Crippen LogP contribution in [0.15, 0.2) is 30.6 Å². The van der Waals surface area contributed by atoms with Crippen molar-refractivity contribution in [1.29, 1.82) is 0 Å². The highest BCUT2D eigenvalue weighted by Gasteiger charge is 2.23. The van der Waals surface area contributed by atoms with Crippen LogP contribution in [0.5, 0.6) is 0 Å². The smallest absolute Gasteiger partial charge is 0.340 e. The molecule has 3 aromatic rings. The Hall–Kier alpha value is -2.94. The van der Waals surface area contributed by atoms with Crippen molar-refractivity contribution in [1.82, 2.24) is 19.7 Å². The van der Waals surface area contributed by atoms with E-state index in [1.807, 2.05) is 0 Å². The van der Waals surface area contributed by atoms with Crippen LogP contribution in [-0.4, -0.2) is 46.3 Å². The number of hydrogen-bond acceptors (Lipinski definition) is 5. The average Bonchev–Trinajstić information content (AvgIpc) is 2.98. The van der Waals surface area contributed by atoms with E-state index < -0.39 is 29.5 Å². The lowest BCUT2D eigenvalue weighted by Crippen LogP contribution is -2.25. The summed E-state index contributed by atoms with van der Waals surface area (Å²) < 4.78 is 47.4. The van der Waals surface area contributed by atoms with Gasteiger partial charge in [0.2, 0.25) is 0 Å². The first-order valence-corrected chi connectivity index (χ1v) is 8.04. The normalized spacial score (nSPS) is 12.6. The lowest BCUT2D eigenvalue weighted by atomic mass is 10.1. The zero-order valence-corrected chi connectivity index (χ0v) is 14.9. The van der Waals surface area contributed by atoms with Gasteiger partial charge in [-0.05, 0) is 37.9 Å². The number of likely N-dealkylation sites (N-methyl/N-ethyl adjacent to an activating group) is 1. The molecule has 0 aliphatic rings. The average molecular weight is 378 g/mol. The predicted octanol–water partition coefficient (Wildman–Crippen LogP) is 2.85. The Labute approximate surface area is 153 Å². The van der Waals surface area contributed by atoms with Crippen LogP contribution in [0.3, 0.4) is 0 Å². The number of rotatable bonds is 5. The Kier molecular flexibility index (Phi) is 5.13. The highest BCUT2D eigenvalue weighted by atomic mass is 19.2. The van der Waals surface area contributed by atoms with E-state index in [9.17, 15) is 18.0 Å². The van der Waals surface area contributed by atoms with E-state index in [4.69, 9.17) is 4.74 Å². The standard InChI is InChI=1S/C18H17F3N4O2/c1-24(2)9-15(10-5-13(19)16(21)14(20)6-10)27-18(26)12-4-11-8-23-25(3)17(11)22-7-12/h4-8,15H,9H2,1-3H3. The van der Waals surface area contributed by atoms with Crippen molar-refractivity contribution in [3.8, 4) is 0 Å². The van der Waals surface area contributed by atoms with Crippen molar-refractivity contribution in [3.63, 3.8) is 0 Å². The second-order valence-corrected chi connectivity index (χ2v) is 6.36. The topological polar surface area (TPSA) is 60.2 Å². The van der Waals surface area contributed by atoms with Gasteiger partial charge in [0.1, 0.15) is 6.10 Å². The number of carbonyl (C=O) groups excluding carboxylic acids is 1. The highest BCUT2D eigenvalue weighted by Crippen LogP contribution is 2.24. The molecule has 6 nitrogen and oxygen atoms in total. The van der Waals surface area contributed by atoms with Gasteiger partial charge in [0.15, 0.2) is 23.1 Å². The molecule has 2 heterocycles. The van der Waals surface area contributed by atoms with Gasteiger partial charge in [-0.1, -0.05) is 0 Å². The Bertz CT molecular complexity index is 980. The van der Waals surface area contributed by atoms with E-state index in [0.717, 1.165) is 12.1 Å². The number of esters is 1. The summed E-state index contributed by atoms with van der Waals surface area (Å²) in [5, 5.41) is 4.70. The van der Waals surface area contributed by atoms with Crippen molar-refractivity contribution in [2.45, 2.75) is 6.10 Å². The lowest BCUT2D eigenvalue weighted by molar-refractivity contribution is 0.0234. The number of carbonyl (C=O) groups is 1. The Morgan fingerprint density at radius 3 is 2.48 bits per heavy atom. The molecule has 0 bridgehead atoms. The Balaban J connectivity index is 1.90. The fourth-order valence-electron chi connectivity index (χ4n) is 2.66. The number of hydrogen-bond donors (Lipinski definition) is 0. The summed E-state index contributed by atoms with van der Waals surface area (Å²) in [6, 6.07) is 3.21. The molecule has 2 aromatic heterocycles. The minimum absolute atomic E-state index is 0.0175. The number of pyridine rings is 1. The molecule has 0 amide bonds. The largest absolute Gasteiger partial charge is 0.452 e. The summed E-state index contributed by atoms with van der Waals surface area (Å²) in [5.41, 5.74) is 0.783. The molecule has 0 saturated carbocycles. The summed E-state index contributed by atoms with van der Waals surface area (Å²) in [5.74, 6) is -4.98. The number of benzene rings is 1. The van der Waals surface area contributed by atoms with Crippen molar-refractivity contribution in [2.24, 2.45) is 7.05 Å². The Morgan fingerprint density at radius 1 is 1.19 bits per heavy atom. The molecule has 0 spiro atoms. The maximum Gasteiger partial charge on any atom is 0.340 e. The number of nitrogens with zero attached hydrogens (tertiary/aromatic N) is 4. The molecule has 0 N–H and O–H groups in total. The molecule has 0 aliphatic carbocycles. The summed E-state index contributed by atoms with van der Waals surface area (Å²) >= 11 is 0. The third kappa shape index (κ3) is 3.92. The molecular formula is C18H17F3N4O2. The maximum atomic E-state index is 13.6. The van der Waals surface area contributed by atoms with Crippen molar-refractivity contribution in [3.05, 3.63) is 59.2 Å². The van der Waals surface area contributed by atoms with Gasteiger partial charge >= 0.3 is 5.97 Å². The molecule has 0 radical (unpaired) electrons. The second-order valence-electron chi connectivity index (χ2n) is 6.36. The first kappa shape index (κ1) is 18.8. The maximum absolute atomic E-state index is 13.6. The van der Waals surface area contributed by atoms with Crippen molar-refractivity contribution < 1.29 is 22.7 Å². The first-order valence-electron chi connectivity index (χ1n) is 8.04. The van der Waals surface area contributed by atoms with E-state index >= 15 is 0 Å². The number of aromatic nitrogens is 3. The second kappa shape index (κ2) is 7.36. The molecular weight excluding hydrogens is 361 g/mol. The SMILES string of the molecule is CN(C)CC(OC(=O)c1cnc2c(cnn2C)c1)c1cc(F)c(F)c(F)c1. The number of halogens is 3. The van der Waals surface area contributed by atoms with Crippen LogP contribution in [0.2, 0.25) is 0 Å². The molecule has 0 aliphatic heterocycles. The fraction of sp³-hybridized carbons (Fsp3) is 0.278. The van der Waals surface area contributed by atoms with Gasteiger partial charge in [-0.3, -0.25) is 4.68 Å². The quantitative estimate of drug-likeness (QED) is 0.505. The van der Waals surface area contributed by atoms with Gasteiger partial charge in [-0.25, -0.2) is 22.9 Å². The Morgan fingerprint density at radius 2 is 1.85 bits per heavy atom. The van der Waals surface area contributed by atoms with Gasteiger partial charge < -0.3 is 9.64 Å². The summed E-state index contributed by atoms with van der Waals surface area (Å²) in [6.07, 6.45) is 1.90. The van der Waals surface area contributed by atoms with Gasteiger partial charge in [0.05, 0.1) is 11.8 Å². The molecule has 142 valence electrons. The van der Waals surface area contributed by atoms with Crippen LogP contribution in [0.25, 0.3) is 11.0 Å². The van der Waals surface area contributed by atoms with Gasteiger partial charge in [0, 0.05) is 25.2 Å². The zero-order chi connectivity index (χ0) is 19.7. The zero-order valence-electron chi connectivity index (χ0n) is 14.9. The van der Waals surface area contributed by atoms with Crippen LogP contribution in [-0.2, 0) is 11.8 Å². The number of aryl methyl sites for hydroxylation is 1. The van der Waals surface area contributed by atoms with Crippen LogP contribution in [0.1, 0.15) is 22.0 Å². The fourth-order valence-corrected chi connectivity index (χ4v) is 2.66. The molecule has 3 rings (SSSR count). The lowest BCUT2D eigenvalue weighted by Gasteiger charge is -2.22. The minimum Gasteiger partial charge on any atom is -0.452 e. The highest BCUT2D eigenvalue weighted by molar-refractivity contribution is 5.93. The van der Waals surface area contributed by atoms with Crippen LogP contribution in [0, 0.1) is 17.5 Å². The summed E-state index contributed by atoms with van der Waals surface area (Å²) in [6.45, 7) is 0.152. The van der Waals surface area contributed by atoms with E-state index in [-0.39, 0.29) is 17.7 Å². The molecule has 1 atom stereocenters. The van der Waals surface area contributed by atoms with Gasteiger partial charge in [-0.2, -0.15) is 5.10 Å². The molecule has 0 saturated heterocycles. The number of ether oxygens (including phenoxy) is 1. The van der Waals surface area contributed by atoms with E-state index in [1.54, 1.807) is 43.0 Å². The van der Waals surface area contributed by atoms with Crippen molar-refractivity contribution in [2.75, 3.05) is 20.6 Å². The summed E-state index contributed by atoms with van der Waals surface area (Å²) in [4.78, 5) is 18.4. The van der Waals surface area contributed by atoms with Gasteiger partial charge in [0.25, 0.3) is 0 Å². The molecule has 1 unspecified atom stereocenters. The summed E-state index contributed by atoms with van der Waals surface area (Å²) in [7, 11) is 5.14. The minimum atomic E-state index is -1.57. The molecule has 9 heteroatoms. The van der Waals surface area contributed by atoms with E-state index in [1.165, 1.54) is 6.20 Å². The first-order chi connectivity index (χ1) is 12.8. The van der Waals surface area contributed by atoms with E-state index in [0.29, 0.717) is 11.0 Å². The third-order valence-corrected chi connectivity index (χ3v) is 3.97. The number of fused-ring (bicyclic) bond motifs is 1. The van der Waals surface area contributed by atoms with E-state index in [2.05, 4.69) is 10.1 Å². The van der Waals surface area contributed by atoms with Crippen LogP contribution >= 0.6 is 0 Å². The molecule has 1 aromatic carbocycles.